The molecule has 21 heavy (non-hydrogen) atoms. The monoisotopic (exact) mass is 287 g/mol. The maximum absolute atomic E-state index is 12.6. The maximum Gasteiger partial charge on any atom is 0.229 e. The Morgan fingerprint density at radius 1 is 1.24 bits per heavy atom. The summed E-state index contributed by atoms with van der Waals surface area (Å²) >= 11 is 0. The normalized spacial score (nSPS) is 22.6. The lowest BCUT2D eigenvalue weighted by molar-refractivity contribution is -0.122. The van der Waals surface area contributed by atoms with Gasteiger partial charge in [0.25, 0.3) is 0 Å². The molecule has 3 rings (SSSR count). The van der Waals surface area contributed by atoms with Crippen molar-refractivity contribution in [1.29, 1.82) is 0 Å². The molecule has 0 spiro atoms. The molecule has 0 saturated carbocycles. The number of anilines is 1. The molecule has 1 fully saturated rings. The van der Waals surface area contributed by atoms with Gasteiger partial charge in [-0.05, 0) is 37.8 Å². The van der Waals surface area contributed by atoms with Gasteiger partial charge in [0.15, 0.2) is 5.78 Å². The lowest BCUT2D eigenvalue weighted by Gasteiger charge is -2.27. The molecule has 1 aromatic rings. The van der Waals surface area contributed by atoms with Crippen molar-refractivity contribution in [3.05, 3.63) is 29.8 Å². The van der Waals surface area contributed by atoms with Crippen LogP contribution in [0.1, 0.15) is 48.9 Å². The molecule has 1 saturated heterocycles. The van der Waals surface area contributed by atoms with E-state index in [1.165, 1.54) is 0 Å². The van der Waals surface area contributed by atoms with Gasteiger partial charge in [0.2, 0.25) is 5.91 Å². The number of hydrogen-bond donors (Lipinski definition) is 0. The number of nitrogens with zero attached hydrogens (tertiary/aromatic N) is 1. The molecular weight excluding hydrogens is 266 g/mol. The van der Waals surface area contributed by atoms with Crippen LogP contribution < -0.4 is 4.90 Å². The van der Waals surface area contributed by atoms with Crippen molar-refractivity contribution in [1.82, 2.24) is 0 Å². The molecule has 1 aromatic carbocycles. The Hall–Kier alpha value is -1.68. The Labute approximate surface area is 125 Å². The van der Waals surface area contributed by atoms with Crippen molar-refractivity contribution >= 4 is 17.4 Å². The first kappa shape index (κ1) is 14.3. The summed E-state index contributed by atoms with van der Waals surface area (Å²) in [4.78, 5) is 26.5. The van der Waals surface area contributed by atoms with E-state index in [1.54, 1.807) is 4.90 Å². The largest absolute Gasteiger partial charge is 0.378 e. The second-order valence-electron chi connectivity index (χ2n) is 5.78. The highest BCUT2D eigenvalue weighted by Gasteiger charge is 2.27. The number of fused-ring (bicyclic) bond motifs is 1. The summed E-state index contributed by atoms with van der Waals surface area (Å²) in [6, 6.07) is 7.43. The van der Waals surface area contributed by atoms with E-state index in [2.05, 4.69) is 0 Å². The number of amides is 1. The van der Waals surface area contributed by atoms with Crippen molar-refractivity contribution in [2.45, 2.75) is 44.6 Å². The van der Waals surface area contributed by atoms with Crippen LogP contribution in [0.5, 0.6) is 0 Å². The van der Waals surface area contributed by atoms with E-state index >= 15 is 0 Å². The van der Waals surface area contributed by atoms with Crippen molar-refractivity contribution in [2.75, 3.05) is 18.1 Å². The van der Waals surface area contributed by atoms with Crippen molar-refractivity contribution in [2.24, 2.45) is 0 Å². The van der Waals surface area contributed by atoms with Crippen molar-refractivity contribution < 1.29 is 14.3 Å². The van der Waals surface area contributed by atoms with Gasteiger partial charge in [-0.25, -0.2) is 0 Å². The molecule has 2 heterocycles. The van der Waals surface area contributed by atoms with Crippen LogP contribution in [0.25, 0.3) is 0 Å². The number of rotatable bonds is 2. The lowest BCUT2D eigenvalue weighted by Crippen LogP contribution is -2.35. The number of benzene rings is 1. The fourth-order valence-electron chi connectivity index (χ4n) is 3.13. The van der Waals surface area contributed by atoms with Gasteiger partial charge in [0.1, 0.15) is 0 Å². The minimum absolute atomic E-state index is 0.0392. The summed E-state index contributed by atoms with van der Waals surface area (Å²) in [7, 11) is 0. The SMILES string of the molecule is O=C1CCCN(C(=O)CC2CCCCO2)c2ccccc21. The van der Waals surface area contributed by atoms with Gasteiger partial charge in [-0.15, -0.1) is 0 Å². The number of ketones is 1. The molecule has 0 N–H and O–H groups in total. The van der Waals surface area contributed by atoms with E-state index in [1.807, 2.05) is 24.3 Å². The first-order valence-corrected chi connectivity index (χ1v) is 7.80. The zero-order chi connectivity index (χ0) is 14.7. The summed E-state index contributed by atoms with van der Waals surface area (Å²) in [6.45, 7) is 1.38. The van der Waals surface area contributed by atoms with Crippen LogP contribution >= 0.6 is 0 Å². The van der Waals surface area contributed by atoms with Crippen LogP contribution in [0.4, 0.5) is 5.69 Å². The van der Waals surface area contributed by atoms with Crippen LogP contribution in [0.3, 0.4) is 0 Å². The topological polar surface area (TPSA) is 46.6 Å². The Morgan fingerprint density at radius 3 is 2.90 bits per heavy atom. The predicted molar refractivity (Wildman–Crippen MR) is 80.6 cm³/mol. The number of Topliss-reactive ketones (excluding diaryl/α,β-unsaturated/α-hetero) is 1. The highest BCUT2D eigenvalue weighted by molar-refractivity contribution is 6.06. The molecule has 0 radical (unpaired) electrons. The minimum atomic E-state index is 0.0392. The Kier molecular flexibility index (Phi) is 4.34. The quantitative estimate of drug-likeness (QED) is 0.840. The average molecular weight is 287 g/mol. The van der Waals surface area contributed by atoms with E-state index < -0.39 is 0 Å². The van der Waals surface area contributed by atoms with Gasteiger partial charge >= 0.3 is 0 Å². The molecule has 0 aromatic heterocycles. The first-order chi connectivity index (χ1) is 10.3. The zero-order valence-electron chi connectivity index (χ0n) is 12.2. The Balaban J connectivity index is 1.78. The molecule has 2 aliphatic heterocycles. The molecule has 1 unspecified atom stereocenters. The summed E-state index contributed by atoms with van der Waals surface area (Å²) in [5, 5.41) is 0. The number of hydrogen-bond acceptors (Lipinski definition) is 3. The molecule has 2 aliphatic rings. The van der Waals surface area contributed by atoms with E-state index in [4.69, 9.17) is 4.74 Å². The molecule has 4 heteroatoms. The van der Waals surface area contributed by atoms with Crippen molar-refractivity contribution in [3.63, 3.8) is 0 Å². The smallest absolute Gasteiger partial charge is 0.229 e. The number of carbonyl (C=O) groups excluding carboxylic acids is 2. The lowest BCUT2D eigenvalue weighted by atomic mass is 10.0. The molecule has 0 bridgehead atoms. The highest BCUT2D eigenvalue weighted by atomic mass is 16.5. The van der Waals surface area contributed by atoms with E-state index in [0.717, 1.165) is 38.0 Å². The third-order valence-electron chi connectivity index (χ3n) is 4.26. The predicted octanol–water partition coefficient (Wildman–Crippen LogP) is 2.96. The number of para-hydroxylation sites is 1. The van der Waals surface area contributed by atoms with Crippen LogP contribution in [0, 0.1) is 0 Å². The van der Waals surface area contributed by atoms with Crippen LogP contribution in [-0.2, 0) is 9.53 Å². The summed E-state index contributed by atoms with van der Waals surface area (Å²) < 4.78 is 5.67. The number of ether oxygens (including phenoxy) is 1. The standard InChI is InChI=1S/C17H21NO3/c19-16-9-5-10-18(15-8-2-1-7-14(15)16)17(20)12-13-6-3-4-11-21-13/h1-2,7-8,13H,3-6,9-12H2. The highest BCUT2D eigenvalue weighted by Crippen LogP contribution is 2.27. The van der Waals surface area contributed by atoms with Gasteiger partial charge in [0, 0.05) is 25.1 Å². The number of carbonyl (C=O) groups is 2. The molecule has 1 atom stereocenters. The third kappa shape index (κ3) is 3.16. The van der Waals surface area contributed by atoms with Gasteiger partial charge < -0.3 is 9.64 Å². The third-order valence-corrected chi connectivity index (χ3v) is 4.26. The molecular formula is C17H21NO3. The maximum atomic E-state index is 12.6. The van der Waals surface area contributed by atoms with Gasteiger partial charge in [0.05, 0.1) is 18.2 Å². The molecule has 0 aliphatic carbocycles. The molecule has 112 valence electrons. The van der Waals surface area contributed by atoms with Crippen LogP contribution in [0.15, 0.2) is 24.3 Å². The average Bonchev–Trinajstić information content (AvgIpc) is 2.68. The molecule has 4 nitrogen and oxygen atoms in total. The van der Waals surface area contributed by atoms with Crippen molar-refractivity contribution in [3.8, 4) is 0 Å². The van der Waals surface area contributed by atoms with E-state index in [9.17, 15) is 9.59 Å². The zero-order valence-corrected chi connectivity index (χ0v) is 12.2. The van der Waals surface area contributed by atoms with Gasteiger partial charge in [-0.1, -0.05) is 12.1 Å². The molecule has 1 amide bonds. The minimum Gasteiger partial charge on any atom is -0.378 e. The second kappa shape index (κ2) is 6.39. The summed E-state index contributed by atoms with van der Waals surface area (Å²) in [6.07, 6.45) is 4.88. The second-order valence-corrected chi connectivity index (χ2v) is 5.78. The van der Waals surface area contributed by atoms with E-state index in [-0.39, 0.29) is 17.8 Å². The fraction of sp³-hybridized carbons (Fsp3) is 0.529. The Morgan fingerprint density at radius 2 is 2.10 bits per heavy atom. The summed E-state index contributed by atoms with van der Waals surface area (Å²) in [5.74, 6) is 0.207. The Bertz CT molecular complexity index is 535. The fourth-order valence-corrected chi connectivity index (χ4v) is 3.13. The summed E-state index contributed by atoms with van der Waals surface area (Å²) in [5.41, 5.74) is 1.44. The van der Waals surface area contributed by atoms with Gasteiger partial charge in [-0.3, -0.25) is 9.59 Å². The van der Waals surface area contributed by atoms with Gasteiger partial charge in [-0.2, -0.15) is 0 Å². The van der Waals surface area contributed by atoms with Crippen LogP contribution in [-0.4, -0.2) is 30.9 Å². The van der Waals surface area contributed by atoms with E-state index in [0.29, 0.717) is 24.9 Å². The van der Waals surface area contributed by atoms with Crippen LogP contribution in [0.2, 0.25) is 0 Å². The first-order valence-electron chi connectivity index (χ1n) is 7.80.